The molecule has 0 aromatic heterocycles. The normalized spacial score (nSPS) is 9.85. The Morgan fingerprint density at radius 3 is 2.85 bits per heavy atom. The number of phenols is 2. The van der Waals surface area contributed by atoms with Crippen LogP contribution in [0.1, 0.15) is 5.56 Å². The van der Waals surface area contributed by atoms with E-state index < -0.39 is 0 Å². The maximum absolute atomic E-state index is 9.38. The van der Waals surface area contributed by atoms with Crippen LogP contribution in [0, 0.1) is 0 Å². The van der Waals surface area contributed by atoms with Crippen molar-refractivity contribution in [2.75, 3.05) is 6.54 Å². The van der Waals surface area contributed by atoms with Gasteiger partial charge in [-0.15, -0.1) is 6.58 Å². The van der Waals surface area contributed by atoms with Gasteiger partial charge in [0.15, 0.2) is 11.5 Å². The third kappa shape index (κ3) is 2.49. The number of rotatable bonds is 4. The van der Waals surface area contributed by atoms with E-state index in [-0.39, 0.29) is 11.5 Å². The summed E-state index contributed by atoms with van der Waals surface area (Å²) in [5.74, 6) is -0.142. The summed E-state index contributed by atoms with van der Waals surface area (Å²) in [5.41, 5.74) is 0.682. The molecule has 1 aromatic rings. The van der Waals surface area contributed by atoms with Crippen LogP contribution in [0.3, 0.4) is 0 Å². The van der Waals surface area contributed by atoms with E-state index in [0.717, 1.165) is 0 Å². The SMILES string of the molecule is C=CCNCc1cccc(O)c1O. The molecule has 0 unspecified atom stereocenters. The third-order valence-electron chi connectivity index (χ3n) is 1.70. The van der Waals surface area contributed by atoms with Crippen molar-refractivity contribution in [1.29, 1.82) is 0 Å². The molecule has 0 spiro atoms. The summed E-state index contributed by atoms with van der Waals surface area (Å²) in [6.07, 6.45) is 1.74. The standard InChI is InChI=1S/C10H13NO2/c1-2-6-11-7-8-4-3-5-9(12)10(8)13/h2-5,11-13H,1,6-7H2. The molecular formula is C10H13NO2. The van der Waals surface area contributed by atoms with Crippen LogP contribution in [0.4, 0.5) is 0 Å². The van der Waals surface area contributed by atoms with Gasteiger partial charge in [0.05, 0.1) is 0 Å². The lowest BCUT2D eigenvalue weighted by molar-refractivity contribution is 0.398. The van der Waals surface area contributed by atoms with Crippen molar-refractivity contribution in [3.05, 3.63) is 36.4 Å². The molecule has 0 saturated heterocycles. The Kier molecular flexibility index (Phi) is 3.34. The summed E-state index contributed by atoms with van der Waals surface area (Å²) in [4.78, 5) is 0. The number of benzene rings is 1. The van der Waals surface area contributed by atoms with Gasteiger partial charge in [-0.25, -0.2) is 0 Å². The lowest BCUT2D eigenvalue weighted by Gasteiger charge is -2.05. The number of para-hydroxylation sites is 1. The van der Waals surface area contributed by atoms with E-state index in [1.807, 2.05) is 0 Å². The summed E-state index contributed by atoms with van der Waals surface area (Å²) >= 11 is 0. The van der Waals surface area contributed by atoms with Crippen LogP contribution < -0.4 is 5.32 Å². The predicted molar refractivity (Wildman–Crippen MR) is 51.7 cm³/mol. The van der Waals surface area contributed by atoms with Gasteiger partial charge in [0.1, 0.15) is 0 Å². The summed E-state index contributed by atoms with van der Waals surface area (Å²) in [7, 11) is 0. The second-order valence-corrected chi connectivity index (χ2v) is 2.70. The lowest BCUT2D eigenvalue weighted by atomic mass is 10.2. The highest BCUT2D eigenvalue weighted by atomic mass is 16.3. The largest absolute Gasteiger partial charge is 0.504 e. The highest BCUT2D eigenvalue weighted by Crippen LogP contribution is 2.27. The Bertz CT molecular complexity index is 297. The molecule has 70 valence electrons. The Hall–Kier alpha value is -1.48. The highest BCUT2D eigenvalue weighted by molar-refractivity contribution is 5.44. The van der Waals surface area contributed by atoms with E-state index in [4.69, 9.17) is 5.11 Å². The first-order valence-corrected chi connectivity index (χ1v) is 4.07. The topological polar surface area (TPSA) is 52.5 Å². The van der Waals surface area contributed by atoms with Gasteiger partial charge in [-0.1, -0.05) is 18.2 Å². The van der Waals surface area contributed by atoms with Gasteiger partial charge >= 0.3 is 0 Å². The smallest absolute Gasteiger partial charge is 0.161 e. The van der Waals surface area contributed by atoms with Crippen LogP contribution in [0.5, 0.6) is 11.5 Å². The van der Waals surface area contributed by atoms with Crippen molar-refractivity contribution in [3.8, 4) is 11.5 Å². The number of hydrogen-bond acceptors (Lipinski definition) is 3. The first-order valence-electron chi connectivity index (χ1n) is 4.07. The minimum atomic E-state index is -0.0853. The van der Waals surface area contributed by atoms with Crippen LogP contribution in [0.2, 0.25) is 0 Å². The monoisotopic (exact) mass is 179 g/mol. The predicted octanol–water partition coefficient (Wildman–Crippen LogP) is 1.37. The van der Waals surface area contributed by atoms with Crippen molar-refractivity contribution in [1.82, 2.24) is 5.32 Å². The van der Waals surface area contributed by atoms with Crippen LogP contribution in [0.15, 0.2) is 30.9 Å². The Balaban J connectivity index is 2.65. The van der Waals surface area contributed by atoms with Crippen molar-refractivity contribution >= 4 is 0 Å². The first-order chi connectivity index (χ1) is 6.25. The molecule has 0 aliphatic carbocycles. The molecule has 0 bridgehead atoms. The summed E-state index contributed by atoms with van der Waals surface area (Å²) in [5, 5.41) is 21.6. The van der Waals surface area contributed by atoms with Gasteiger partial charge in [-0.2, -0.15) is 0 Å². The van der Waals surface area contributed by atoms with Gasteiger partial charge in [0, 0.05) is 18.7 Å². The molecule has 13 heavy (non-hydrogen) atoms. The summed E-state index contributed by atoms with van der Waals surface area (Å²) < 4.78 is 0. The van der Waals surface area contributed by atoms with E-state index in [0.29, 0.717) is 18.7 Å². The van der Waals surface area contributed by atoms with Crippen LogP contribution >= 0.6 is 0 Å². The van der Waals surface area contributed by atoms with Gasteiger partial charge in [0.25, 0.3) is 0 Å². The van der Waals surface area contributed by atoms with E-state index in [1.165, 1.54) is 6.07 Å². The maximum Gasteiger partial charge on any atom is 0.161 e. The van der Waals surface area contributed by atoms with E-state index in [1.54, 1.807) is 18.2 Å². The van der Waals surface area contributed by atoms with Gasteiger partial charge < -0.3 is 15.5 Å². The van der Waals surface area contributed by atoms with Crippen LogP contribution in [-0.2, 0) is 6.54 Å². The molecule has 0 fully saturated rings. The number of aromatic hydroxyl groups is 2. The van der Waals surface area contributed by atoms with Gasteiger partial charge in [-0.3, -0.25) is 0 Å². The molecule has 0 radical (unpaired) electrons. The van der Waals surface area contributed by atoms with Gasteiger partial charge in [0.2, 0.25) is 0 Å². The number of hydrogen-bond donors (Lipinski definition) is 3. The van der Waals surface area contributed by atoms with Gasteiger partial charge in [-0.05, 0) is 6.07 Å². The zero-order chi connectivity index (χ0) is 9.68. The van der Waals surface area contributed by atoms with E-state index in [9.17, 15) is 5.11 Å². The average molecular weight is 179 g/mol. The minimum Gasteiger partial charge on any atom is -0.504 e. The minimum absolute atomic E-state index is 0.0564. The average Bonchev–Trinajstić information content (AvgIpc) is 2.13. The van der Waals surface area contributed by atoms with E-state index >= 15 is 0 Å². The fraction of sp³-hybridized carbons (Fsp3) is 0.200. The Morgan fingerprint density at radius 2 is 2.15 bits per heavy atom. The summed E-state index contributed by atoms with van der Waals surface area (Å²) in [6, 6.07) is 4.90. The second-order valence-electron chi connectivity index (χ2n) is 2.70. The van der Waals surface area contributed by atoms with Crippen molar-refractivity contribution in [2.24, 2.45) is 0 Å². The fourth-order valence-electron chi connectivity index (χ4n) is 1.03. The molecule has 0 atom stereocenters. The van der Waals surface area contributed by atoms with Crippen LogP contribution in [-0.4, -0.2) is 16.8 Å². The first kappa shape index (κ1) is 9.61. The van der Waals surface area contributed by atoms with Crippen molar-refractivity contribution in [2.45, 2.75) is 6.54 Å². The molecule has 3 N–H and O–H groups in total. The molecule has 0 aliphatic heterocycles. The molecular weight excluding hydrogens is 166 g/mol. The lowest BCUT2D eigenvalue weighted by Crippen LogP contribution is -2.12. The molecule has 0 aliphatic rings. The number of phenolic OH excluding ortho intramolecular Hbond substituents is 2. The zero-order valence-corrected chi connectivity index (χ0v) is 7.33. The maximum atomic E-state index is 9.38. The second kappa shape index (κ2) is 4.52. The molecule has 1 rings (SSSR count). The third-order valence-corrected chi connectivity index (χ3v) is 1.70. The highest BCUT2D eigenvalue weighted by Gasteiger charge is 2.03. The molecule has 0 amide bonds. The van der Waals surface area contributed by atoms with Crippen molar-refractivity contribution in [3.63, 3.8) is 0 Å². The molecule has 3 heteroatoms. The molecule has 0 heterocycles. The Labute approximate surface area is 77.3 Å². The summed E-state index contributed by atoms with van der Waals surface area (Å²) in [6.45, 7) is 4.75. The zero-order valence-electron chi connectivity index (χ0n) is 7.33. The quantitative estimate of drug-likeness (QED) is 0.372. The molecule has 1 aromatic carbocycles. The molecule has 0 saturated carbocycles. The van der Waals surface area contributed by atoms with Crippen LogP contribution in [0.25, 0.3) is 0 Å². The van der Waals surface area contributed by atoms with Crippen molar-refractivity contribution < 1.29 is 10.2 Å². The number of nitrogens with one attached hydrogen (secondary N) is 1. The van der Waals surface area contributed by atoms with E-state index in [2.05, 4.69) is 11.9 Å². The fourth-order valence-corrected chi connectivity index (χ4v) is 1.03. The molecule has 3 nitrogen and oxygen atoms in total. The Morgan fingerprint density at radius 1 is 1.38 bits per heavy atom.